The van der Waals surface area contributed by atoms with Crippen LogP contribution >= 0.6 is 0 Å². The molecule has 0 aromatic heterocycles. The predicted molar refractivity (Wildman–Crippen MR) is 99.6 cm³/mol. The first-order valence-electron chi connectivity index (χ1n) is 9.09. The summed E-state index contributed by atoms with van der Waals surface area (Å²) >= 11 is 0. The van der Waals surface area contributed by atoms with E-state index in [4.69, 9.17) is 4.74 Å². The van der Waals surface area contributed by atoms with Crippen LogP contribution in [0.5, 0.6) is 5.75 Å². The molecule has 1 aliphatic heterocycles. The molecule has 2 aromatic carbocycles. The third-order valence-electron chi connectivity index (χ3n) is 4.90. The molecular formula is C21H25FN2O2. The molecule has 5 heteroatoms. The number of hydrogen-bond donors (Lipinski definition) is 2. The number of carbonyl (C=O) groups excluding carboxylic acids is 1. The Hall–Kier alpha value is -2.40. The van der Waals surface area contributed by atoms with E-state index in [1.807, 2.05) is 30.3 Å². The fourth-order valence-electron chi connectivity index (χ4n) is 3.42. The quantitative estimate of drug-likeness (QED) is 0.750. The van der Waals surface area contributed by atoms with E-state index in [1.54, 1.807) is 12.1 Å². The second-order valence-electron chi connectivity index (χ2n) is 6.75. The lowest BCUT2D eigenvalue weighted by Gasteiger charge is -2.36. The molecule has 0 unspecified atom stereocenters. The van der Waals surface area contributed by atoms with Gasteiger partial charge in [0.05, 0.1) is 12.0 Å². The van der Waals surface area contributed by atoms with Gasteiger partial charge < -0.3 is 15.4 Å². The lowest BCUT2D eigenvalue weighted by Crippen LogP contribution is -2.49. The van der Waals surface area contributed by atoms with Crippen LogP contribution in [0.1, 0.15) is 18.4 Å². The first-order valence-corrected chi connectivity index (χ1v) is 9.09. The highest BCUT2D eigenvalue weighted by atomic mass is 19.1. The van der Waals surface area contributed by atoms with E-state index in [9.17, 15) is 9.18 Å². The molecule has 4 nitrogen and oxygen atoms in total. The summed E-state index contributed by atoms with van der Waals surface area (Å²) in [5.41, 5.74) is 0.541. The Morgan fingerprint density at radius 2 is 1.77 bits per heavy atom. The number of amides is 1. The SMILES string of the molecule is O=C(NCCOc1ccccc1)C1(Cc2ccc(F)cc2)CCNCC1. The van der Waals surface area contributed by atoms with Crippen molar-refractivity contribution in [3.8, 4) is 5.75 Å². The molecule has 0 saturated carbocycles. The standard InChI is InChI=1S/C21H25FN2O2/c22-18-8-6-17(7-9-18)16-21(10-12-23-13-11-21)20(25)24-14-15-26-19-4-2-1-3-5-19/h1-9,23H,10-16H2,(H,24,25). The Morgan fingerprint density at radius 1 is 1.08 bits per heavy atom. The van der Waals surface area contributed by atoms with Gasteiger partial charge in [0.1, 0.15) is 18.2 Å². The molecule has 1 fully saturated rings. The molecule has 0 bridgehead atoms. The molecule has 1 amide bonds. The zero-order valence-electron chi connectivity index (χ0n) is 14.8. The van der Waals surface area contributed by atoms with Gasteiger partial charge in [-0.2, -0.15) is 0 Å². The maximum Gasteiger partial charge on any atom is 0.226 e. The summed E-state index contributed by atoms with van der Waals surface area (Å²) in [5.74, 6) is 0.597. The Labute approximate surface area is 153 Å². The highest BCUT2D eigenvalue weighted by Gasteiger charge is 2.39. The van der Waals surface area contributed by atoms with Crippen LogP contribution < -0.4 is 15.4 Å². The van der Waals surface area contributed by atoms with Crippen LogP contribution in [0.2, 0.25) is 0 Å². The molecule has 138 valence electrons. The Morgan fingerprint density at radius 3 is 2.46 bits per heavy atom. The van der Waals surface area contributed by atoms with Crippen molar-refractivity contribution in [3.05, 3.63) is 66.0 Å². The van der Waals surface area contributed by atoms with E-state index in [-0.39, 0.29) is 11.7 Å². The van der Waals surface area contributed by atoms with Crippen molar-refractivity contribution in [2.75, 3.05) is 26.2 Å². The van der Waals surface area contributed by atoms with Crippen LogP contribution in [-0.4, -0.2) is 32.1 Å². The molecule has 1 aliphatic rings. The topological polar surface area (TPSA) is 50.4 Å². The molecule has 0 radical (unpaired) electrons. The fourth-order valence-corrected chi connectivity index (χ4v) is 3.42. The van der Waals surface area contributed by atoms with Crippen LogP contribution in [0, 0.1) is 11.2 Å². The first kappa shape index (κ1) is 18.4. The molecule has 1 saturated heterocycles. The fraction of sp³-hybridized carbons (Fsp3) is 0.381. The van der Waals surface area contributed by atoms with Gasteiger partial charge in [0, 0.05) is 0 Å². The minimum Gasteiger partial charge on any atom is -0.492 e. The highest BCUT2D eigenvalue weighted by molar-refractivity contribution is 5.83. The van der Waals surface area contributed by atoms with E-state index in [0.29, 0.717) is 19.6 Å². The van der Waals surface area contributed by atoms with Gasteiger partial charge in [-0.05, 0) is 62.2 Å². The van der Waals surface area contributed by atoms with Gasteiger partial charge >= 0.3 is 0 Å². The molecule has 0 spiro atoms. The van der Waals surface area contributed by atoms with Crippen LogP contribution in [0.15, 0.2) is 54.6 Å². The van der Waals surface area contributed by atoms with E-state index < -0.39 is 5.41 Å². The number of carbonyl (C=O) groups is 1. The lowest BCUT2D eigenvalue weighted by atomic mass is 9.73. The van der Waals surface area contributed by atoms with Gasteiger partial charge in [0.2, 0.25) is 5.91 Å². The number of hydrogen-bond acceptors (Lipinski definition) is 3. The van der Waals surface area contributed by atoms with Crippen molar-refractivity contribution < 1.29 is 13.9 Å². The second-order valence-corrected chi connectivity index (χ2v) is 6.75. The number of piperidine rings is 1. The number of para-hydroxylation sites is 1. The monoisotopic (exact) mass is 356 g/mol. The third kappa shape index (κ3) is 4.82. The van der Waals surface area contributed by atoms with E-state index in [1.165, 1.54) is 12.1 Å². The summed E-state index contributed by atoms with van der Waals surface area (Å²) in [4.78, 5) is 12.9. The molecule has 3 rings (SSSR count). The summed E-state index contributed by atoms with van der Waals surface area (Å²) in [6, 6.07) is 16.0. The van der Waals surface area contributed by atoms with Gasteiger partial charge in [0.25, 0.3) is 0 Å². The van der Waals surface area contributed by atoms with Gasteiger partial charge in [0.15, 0.2) is 0 Å². The number of rotatable bonds is 7. The number of ether oxygens (including phenoxy) is 1. The van der Waals surface area contributed by atoms with Gasteiger partial charge in [-0.1, -0.05) is 30.3 Å². The average Bonchev–Trinajstić information content (AvgIpc) is 2.68. The van der Waals surface area contributed by atoms with Gasteiger partial charge in [-0.25, -0.2) is 4.39 Å². The maximum atomic E-state index is 13.2. The van der Waals surface area contributed by atoms with Gasteiger partial charge in [-0.15, -0.1) is 0 Å². The lowest BCUT2D eigenvalue weighted by molar-refractivity contribution is -0.132. The molecule has 0 atom stereocenters. The van der Waals surface area contributed by atoms with E-state index in [0.717, 1.165) is 37.2 Å². The van der Waals surface area contributed by atoms with Crippen LogP contribution in [0.25, 0.3) is 0 Å². The summed E-state index contributed by atoms with van der Waals surface area (Å²) in [7, 11) is 0. The normalized spacial score (nSPS) is 16.0. The second kappa shape index (κ2) is 8.81. The zero-order valence-corrected chi connectivity index (χ0v) is 14.8. The predicted octanol–water partition coefficient (Wildman–Crippen LogP) is 2.93. The van der Waals surface area contributed by atoms with Crippen molar-refractivity contribution in [3.63, 3.8) is 0 Å². The largest absolute Gasteiger partial charge is 0.492 e. The smallest absolute Gasteiger partial charge is 0.226 e. The maximum absolute atomic E-state index is 13.2. The summed E-state index contributed by atoms with van der Waals surface area (Å²) in [6.07, 6.45) is 2.17. The Bertz CT molecular complexity index is 698. The number of benzene rings is 2. The third-order valence-corrected chi connectivity index (χ3v) is 4.90. The molecule has 0 aliphatic carbocycles. The van der Waals surface area contributed by atoms with Crippen molar-refractivity contribution >= 4 is 5.91 Å². The molecule has 1 heterocycles. The molecule has 2 aromatic rings. The van der Waals surface area contributed by atoms with Crippen molar-refractivity contribution in [2.24, 2.45) is 5.41 Å². The van der Waals surface area contributed by atoms with Crippen LogP contribution in [0.3, 0.4) is 0 Å². The average molecular weight is 356 g/mol. The Balaban J connectivity index is 1.57. The van der Waals surface area contributed by atoms with Crippen molar-refractivity contribution in [2.45, 2.75) is 19.3 Å². The summed E-state index contributed by atoms with van der Waals surface area (Å²) in [6.45, 7) is 2.53. The van der Waals surface area contributed by atoms with E-state index in [2.05, 4.69) is 10.6 Å². The van der Waals surface area contributed by atoms with Crippen molar-refractivity contribution in [1.29, 1.82) is 0 Å². The molecule has 26 heavy (non-hydrogen) atoms. The molecular weight excluding hydrogens is 331 g/mol. The number of nitrogens with one attached hydrogen (secondary N) is 2. The minimum absolute atomic E-state index is 0.0555. The van der Waals surface area contributed by atoms with Crippen LogP contribution in [-0.2, 0) is 11.2 Å². The summed E-state index contributed by atoms with van der Waals surface area (Å²) in [5, 5.41) is 6.34. The number of halogens is 1. The van der Waals surface area contributed by atoms with Crippen LogP contribution in [0.4, 0.5) is 4.39 Å². The Kier molecular flexibility index (Phi) is 6.23. The zero-order chi connectivity index (χ0) is 18.2. The molecule has 2 N–H and O–H groups in total. The first-order chi connectivity index (χ1) is 12.7. The summed E-state index contributed by atoms with van der Waals surface area (Å²) < 4.78 is 18.8. The van der Waals surface area contributed by atoms with Gasteiger partial charge in [-0.3, -0.25) is 4.79 Å². The minimum atomic E-state index is -0.449. The highest BCUT2D eigenvalue weighted by Crippen LogP contribution is 2.33. The van der Waals surface area contributed by atoms with Crippen molar-refractivity contribution in [1.82, 2.24) is 10.6 Å². The van der Waals surface area contributed by atoms with E-state index >= 15 is 0 Å².